The first-order valence-electron chi connectivity index (χ1n) is 7.76. The molecule has 3 unspecified atom stereocenters. The van der Waals surface area contributed by atoms with Crippen LogP contribution in [0.2, 0.25) is 0 Å². The fourth-order valence-corrected chi connectivity index (χ4v) is 2.58. The predicted molar refractivity (Wildman–Crippen MR) is 89.7 cm³/mol. The van der Waals surface area contributed by atoms with Crippen LogP contribution in [0.15, 0.2) is 60.7 Å². The van der Waals surface area contributed by atoms with E-state index in [9.17, 15) is 5.11 Å². The molecule has 3 nitrogen and oxygen atoms in total. The van der Waals surface area contributed by atoms with Gasteiger partial charge in [-0.3, -0.25) is 0 Å². The lowest BCUT2D eigenvalue weighted by Crippen LogP contribution is -2.33. The molecule has 2 aromatic rings. The van der Waals surface area contributed by atoms with E-state index in [0.717, 1.165) is 18.5 Å². The van der Waals surface area contributed by atoms with Gasteiger partial charge in [0.1, 0.15) is 0 Å². The van der Waals surface area contributed by atoms with Crippen LogP contribution in [0.3, 0.4) is 0 Å². The van der Waals surface area contributed by atoms with Crippen LogP contribution in [-0.2, 0) is 4.74 Å². The number of aliphatic hydroxyl groups excluding tert-OH is 1. The monoisotopic (exact) mass is 299 g/mol. The Morgan fingerprint density at radius 2 is 1.50 bits per heavy atom. The Morgan fingerprint density at radius 1 is 0.955 bits per heavy atom. The molecule has 2 aromatic carbocycles. The van der Waals surface area contributed by atoms with E-state index in [-0.39, 0.29) is 12.1 Å². The summed E-state index contributed by atoms with van der Waals surface area (Å²) in [6, 6.07) is 20.0. The van der Waals surface area contributed by atoms with E-state index in [1.165, 1.54) is 5.56 Å². The first kappa shape index (κ1) is 16.7. The van der Waals surface area contributed by atoms with Crippen molar-refractivity contribution in [2.24, 2.45) is 0 Å². The van der Waals surface area contributed by atoms with Crippen LogP contribution in [0.1, 0.15) is 36.7 Å². The van der Waals surface area contributed by atoms with E-state index in [1.54, 1.807) is 7.11 Å². The molecule has 22 heavy (non-hydrogen) atoms. The van der Waals surface area contributed by atoms with Gasteiger partial charge in [-0.15, -0.1) is 0 Å². The maximum Gasteiger partial charge on any atom is 0.0940 e. The van der Waals surface area contributed by atoms with Gasteiger partial charge >= 0.3 is 0 Å². The molecule has 0 spiro atoms. The van der Waals surface area contributed by atoms with Crippen molar-refractivity contribution in [2.45, 2.75) is 31.6 Å². The van der Waals surface area contributed by atoms with Crippen LogP contribution in [0.4, 0.5) is 0 Å². The molecule has 0 heterocycles. The molecule has 0 bridgehead atoms. The standard InChI is InChI=1S/C19H25NO2/c1-15(19(21)17-11-7-4-8-12-17)20-14-13-18(22-2)16-9-5-3-6-10-16/h3-12,15,18-21H,13-14H2,1-2H3. The number of benzene rings is 2. The molecule has 0 aliphatic carbocycles. The smallest absolute Gasteiger partial charge is 0.0940 e. The Kier molecular flexibility index (Phi) is 6.59. The van der Waals surface area contributed by atoms with Crippen molar-refractivity contribution in [3.8, 4) is 0 Å². The van der Waals surface area contributed by atoms with Crippen molar-refractivity contribution < 1.29 is 9.84 Å². The molecule has 0 aliphatic heterocycles. The summed E-state index contributed by atoms with van der Waals surface area (Å²) in [5.41, 5.74) is 2.12. The first-order valence-corrected chi connectivity index (χ1v) is 7.76. The molecule has 0 aliphatic rings. The summed E-state index contributed by atoms with van der Waals surface area (Å²) in [7, 11) is 1.74. The van der Waals surface area contributed by atoms with Gasteiger partial charge in [0.25, 0.3) is 0 Å². The third-order valence-corrected chi connectivity index (χ3v) is 3.94. The number of hydrogen-bond donors (Lipinski definition) is 2. The fraction of sp³-hybridized carbons (Fsp3) is 0.368. The average molecular weight is 299 g/mol. The SMILES string of the molecule is COC(CCNC(C)C(O)c1ccccc1)c1ccccc1. The zero-order valence-electron chi connectivity index (χ0n) is 13.3. The van der Waals surface area contributed by atoms with Gasteiger partial charge in [0, 0.05) is 13.2 Å². The highest BCUT2D eigenvalue weighted by atomic mass is 16.5. The van der Waals surface area contributed by atoms with Crippen molar-refractivity contribution in [3.05, 3.63) is 71.8 Å². The molecular weight excluding hydrogens is 274 g/mol. The highest BCUT2D eigenvalue weighted by molar-refractivity contribution is 5.19. The van der Waals surface area contributed by atoms with Crippen LogP contribution < -0.4 is 5.32 Å². The molecule has 0 saturated carbocycles. The maximum atomic E-state index is 10.3. The lowest BCUT2D eigenvalue weighted by Gasteiger charge is -2.22. The van der Waals surface area contributed by atoms with Gasteiger partial charge in [-0.2, -0.15) is 0 Å². The Labute approximate surface area is 133 Å². The molecular formula is C19H25NO2. The van der Waals surface area contributed by atoms with Crippen LogP contribution in [0, 0.1) is 0 Å². The molecule has 118 valence electrons. The van der Waals surface area contributed by atoms with Crippen LogP contribution in [0.5, 0.6) is 0 Å². The van der Waals surface area contributed by atoms with Gasteiger partial charge in [0.15, 0.2) is 0 Å². The highest BCUT2D eigenvalue weighted by Crippen LogP contribution is 2.20. The van der Waals surface area contributed by atoms with Crippen LogP contribution >= 0.6 is 0 Å². The summed E-state index contributed by atoms with van der Waals surface area (Å²) >= 11 is 0. The van der Waals surface area contributed by atoms with Crippen molar-refractivity contribution in [2.75, 3.05) is 13.7 Å². The second-order valence-corrected chi connectivity index (χ2v) is 5.52. The fourth-order valence-electron chi connectivity index (χ4n) is 2.58. The summed E-state index contributed by atoms with van der Waals surface area (Å²) in [4.78, 5) is 0. The van der Waals surface area contributed by atoms with Crippen LogP contribution in [0.25, 0.3) is 0 Å². The van der Waals surface area contributed by atoms with Gasteiger partial charge in [0.2, 0.25) is 0 Å². The third-order valence-electron chi connectivity index (χ3n) is 3.94. The summed E-state index contributed by atoms with van der Waals surface area (Å²) in [6.45, 7) is 2.79. The minimum atomic E-state index is -0.501. The number of ether oxygens (including phenoxy) is 1. The second kappa shape index (κ2) is 8.69. The third kappa shape index (κ3) is 4.67. The van der Waals surface area contributed by atoms with Crippen molar-refractivity contribution in [3.63, 3.8) is 0 Å². The molecule has 3 atom stereocenters. The average Bonchev–Trinajstić information content (AvgIpc) is 2.59. The van der Waals surface area contributed by atoms with Gasteiger partial charge in [0.05, 0.1) is 12.2 Å². The Balaban J connectivity index is 1.82. The number of methoxy groups -OCH3 is 1. The normalized spacial score (nSPS) is 15.2. The Bertz CT molecular complexity index is 530. The summed E-state index contributed by atoms with van der Waals surface area (Å²) in [5.74, 6) is 0. The molecule has 0 amide bonds. The second-order valence-electron chi connectivity index (χ2n) is 5.52. The number of nitrogens with one attached hydrogen (secondary N) is 1. The van der Waals surface area contributed by atoms with Crippen molar-refractivity contribution in [1.82, 2.24) is 5.32 Å². The van der Waals surface area contributed by atoms with E-state index in [1.807, 2.05) is 55.5 Å². The van der Waals surface area contributed by atoms with Gasteiger partial charge in [-0.1, -0.05) is 60.7 Å². The zero-order chi connectivity index (χ0) is 15.8. The summed E-state index contributed by atoms with van der Waals surface area (Å²) < 4.78 is 5.56. The number of hydrogen-bond acceptors (Lipinski definition) is 3. The van der Waals surface area contributed by atoms with E-state index in [2.05, 4.69) is 17.4 Å². The highest BCUT2D eigenvalue weighted by Gasteiger charge is 2.16. The molecule has 0 fully saturated rings. The summed E-state index contributed by atoms with van der Waals surface area (Å²) in [5, 5.41) is 13.7. The molecule has 2 N–H and O–H groups in total. The minimum absolute atomic E-state index is 0.00400. The molecule has 3 heteroatoms. The number of aliphatic hydroxyl groups is 1. The molecule has 0 aromatic heterocycles. The largest absolute Gasteiger partial charge is 0.387 e. The predicted octanol–water partition coefficient (Wildman–Crippen LogP) is 3.48. The first-order chi connectivity index (χ1) is 10.7. The quantitative estimate of drug-likeness (QED) is 0.784. The number of rotatable bonds is 8. The maximum absolute atomic E-state index is 10.3. The van der Waals surface area contributed by atoms with Crippen molar-refractivity contribution in [1.29, 1.82) is 0 Å². The van der Waals surface area contributed by atoms with Gasteiger partial charge < -0.3 is 15.2 Å². The Morgan fingerprint density at radius 3 is 2.05 bits per heavy atom. The van der Waals surface area contributed by atoms with Crippen LogP contribution in [-0.4, -0.2) is 24.8 Å². The van der Waals surface area contributed by atoms with Gasteiger partial charge in [-0.05, 0) is 31.0 Å². The lowest BCUT2D eigenvalue weighted by atomic mass is 10.0. The van der Waals surface area contributed by atoms with E-state index < -0.39 is 6.10 Å². The molecule has 0 radical (unpaired) electrons. The topological polar surface area (TPSA) is 41.5 Å². The van der Waals surface area contributed by atoms with E-state index in [4.69, 9.17) is 4.74 Å². The molecule has 0 saturated heterocycles. The van der Waals surface area contributed by atoms with E-state index in [0.29, 0.717) is 0 Å². The molecule has 2 rings (SSSR count). The van der Waals surface area contributed by atoms with Gasteiger partial charge in [-0.25, -0.2) is 0 Å². The summed E-state index contributed by atoms with van der Waals surface area (Å²) in [6.07, 6.45) is 0.445. The lowest BCUT2D eigenvalue weighted by molar-refractivity contribution is 0.0897. The zero-order valence-corrected chi connectivity index (χ0v) is 13.3. The minimum Gasteiger partial charge on any atom is -0.387 e. The van der Waals surface area contributed by atoms with Crippen molar-refractivity contribution >= 4 is 0 Å². The van der Waals surface area contributed by atoms with E-state index >= 15 is 0 Å². The Hall–Kier alpha value is -1.68.